The van der Waals surface area contributed by atoms with Crippen LogP contribution in [-0.4, -0.2) is 17.3 Å². The zero-order valence-corrected chi connectivity index (χ0v) is 9.95. The van der Waals surface area contributed by atoms with Crippen molar-refractivity contribution in [3.63, 3.8) is 0 Å². The summed E-state index contributed by atoms with van der Waals surface area (Å²) in [7, 11) is 0. The molecule has 0 spiro atoms. The number of rotatable bonds is 3. The normalized spacial score (nSPS) is 20.9. The highest BCUT2D eigenvalue weighted by Crippen LogP contribution is 2.13. The van der Waals surface area contributed by atoms with Crippen LogP contribution < -0.4 is 5.56 Å². The van der Waals surface area contributed by atoms with Gasteiger partial charge in [0.2, 0.25) is 0 Å². The fourth-order valence-corrected chi connectivity index (χ4v) is 2.21. The van der Waals surface area contributed by atoms with Crippen molar-refractivity contribution in [1.29, 1.82) is 0 Å². The minimum atomic E-state index is 0.00618. The first-order valence-electron chi connectivity index (χ1n) is 5.67. The zero-order valence-electron chi connectivity index (χ0n) is 9.19. The fourth-order valence-electron chi connectivity index (χ4n) is 2.00. The standard InChI is InChI=1S/C12H16ClNO2/c13-8-10-4-3-6-14(12(10)15)9-11-5-1-2-7-16-11/h3-4,6,11H,1-2,5,7-9H2. The van der Waals surface area contributed by atoms with E-state index in [9.17, 15) is 4.79 Å². The van der Waals surface area contributed by atoms with E-state index in [1.807, 2.05) is 6.07 Å². The lowest BCUT2D eigenvalue weighted by molar-refractivity contribution is 0.00540. The van der Waals surface area contributed by atoms with Gasteiger partial charge in [0.15, 0.2) is 0 Å². The maximum atomic E-state index is 11.9. The molecule has 0 aliphatic carbocycles. The van der Waals surface area contributed by atoms with Crippen LogP contribution >= 0.6 is 11.6 Å². The maximum absolute atomic E-state index is 11.9. The average Bonchev–Trinajstić information content (AvgIpc) is 2.33. The lowest BCUT2D eigenvalue weighted by Gasteiger charge is -2.23. The lowest BCUT2D eigenvalue weighted by atomic mass is 10.1. The summed E-state index contributed by atoms with van der Waals surface area (Å²) in [5.74, 6) is 0.269. The van der Waals surface area contributed by atoms with Gasteiger partial charge in [-0.1, -0.05) is 6.07 Å². The molecule has 1 unspecified atom stereocenters. The van der Waals surface area contributed by atoms with Gasteiger partial charge in [-0.15, -0.1) is 11.6 Å². The van der Waals surface area contributed by atoms with E-state index in [1.54, 1.807) is 16.8 Å². The number of hydrogen-bond donors (Lipinski definition) is 0. The molecule has 1 aliphatic heterocycles. The molecule has 2 rings (SSSR count). The first-order valence-corrected chi connectivity index (χ1v) is 6.20. The van der Waals surface area contributed by atoms with Crippen LogP contribution in [0.5, 0.6) is 0 Å². The van der Waals surface area contributed by atoms with Gasteiger partial charge in [0.25, 0.3) is 5.56 Å². The van der Waals surface area contributed by atoms with Crippen molar-refractivity contribution in [2.45, 2.75) is 37.8 Å². The van der Waals surface area contributed by atoms with Crippen LogP contribution in [0.25, 0.3) is 0 Å². The fraction of sp³-hybridized carbons (Fsp3) is 0.583. The molecule has 0 aromatic carbocycles. The summed E-state index contributed by atoms with van der Waals surface area (Å²) >= 11 is 5.70. The van der Waals surface area contributed by atoms with E-state index in [2.05, 4.69) is 0 Å². The molecule has 4 heteroatoms. The van der Waals surface area contributed by atoms with E-state index in [1.165, 1.54) is 6.42 Å². The highest BCUT2D eigenvalue weighted by atomic mass is 35.5. The van der Waals surface area contributed by atoms with Gasteiger partial charge in [0.1, 0.15) is 0 Å². The van der Waals surface area contributed by atoms with E-state index < -0.39 is 0 Å². The predicted octanol–water partition coefficient (Wildman–Crippen LogP) is 2.16. The number of nitrogens with zero attached hydrogens (tertiary/aromatic N) is 1. The number of halogens is 1. The Hall–Kier alpha value is -0.800. The molecule has 16 heavy (non-hydrogen) atoms. The molecule has 1 aromatic rings. The average molecular weight is 242 g/mol. The minimum absolute atomic E-state index is 0.00618. The Kier molecular flexibility index (Phi) is 4.02. The third-order valence-corrected chi connectivity index (χ3v) is 3.21. The zero-order chi connectivity index (χ0) is 11.4. The first-order chi connectivity index (χ1) is 7.81. The summed E-state index contributed by atoms with van der Waals surface area (Å²) in [6.45, 7) is 1.46. The molecular formula is C12H16ClNO2. The molecule has 1 aromatic heterocycles. The van der Waals surface area contributed by atoms with Crippen molar-refractivity contribution in [1.82, 2.24) is 4.57 Å². The molecule has 2 heterocycles. The van der Waals surface area contributed by atoms with Gasteiger partial charge >= 0.3 is 0 Å². The Morgan fingerprint density at radius 1 is 1.50 bits per heavy atom. The van der Waals surface area contributed by atoms with E-state index in [0.717, 1.165) is 19.4 Å². The van der Waals surface area contributed by atoms with Gasteiger partial charge in [-0.2, -0.15) is 0 Å². The van der Waals surface area contributed by atoms with Crippen molar-refractivity contribution in [3.05, 3.63) is 34.2 Å². The highest BCUT2D eigenvalue weighted by molar-refractivity contribution is 6.17. The summed E-state index contributed by atoms with van der Waals surface area (Å²) in [6, 6.07) is 3.63. The third kappa shape index (κ3) is 2.66. The van der Waals surface area contributed by atoms with Crippen LogP contribution in [0.4, 0.5) is 0 Å². The molecular weight excluding hydrogens is 226 g/mol. The largest absolute Gasteiger partial charge is 0.376 e. The molecule has 1 aliphatic rings. The van der Waals surface area contributed by atoms with Crippen molar-refractivity contribution >= 4 is 11.6 Å². The van der Waals surface area contributed by atoms with E-state index in [0.29, 0.717) is 12.1 Å². The molecule has 88 valence electrons. The number of hydrogen-bond acceptors (Lipinski definition) is 2. The van der Waals surface area contributed by atoms with Gasteiger partial charge in [0.05, 0.1) is 18.5 Å². The second-order valence-corrected chi connectivity index (χ2v) is 4.38. The van der Waals surface area contributed by atoms with Crippen molar-refractivity contribution < 1.29 is 4.74 Å². The van der Waals surface area contributed by atoms with Crippen LogP contribution in [0.2, 0.25) is 0 Å². The Morgan fingerprint density at radius 3 is 3.06 bits per heavy atom. The second kappa shape index (κ2) is 5.51. The lowest BCUT2D eigenvalue weighted by Crippen LogP contribution is -2.31. The first kappa shape index (κ1) is 11.7. The Bertz CT molecular complexity index is 396. The van der Waals surface area contributed by atoms with Crippen LogP contribution in [-0.2, 0) is 17.2 Å². The molecule has 1 saturated heterocycles. The topological polar surface area (TPSA) is 31.2 Å². The molecule has 0 bridgehead atoms. The van der Waals surface area contributed by atoms with Gasteiger partial charge in [-0.25, -0.2) is 0 Å². The van der Waals surface area contributed by atoms with E-state index >= 15 is 0 Å². The molecule has 0 radical (unpaired) electrons. The number of aromatic nitrogens is 1. The van der Waals surface area contributed by atoms with Crippen molar-refractivity contribution in [2.24, 2.45) is 0 Å². The summed E-state index contributed by atoms with van der Waals surface area (Å²) < 4.78 is 7.32. The summed E-state index contributed by atoms with van der Waals surface area (Å²) in [4.78, 5) is 11.9. The quantitative estimate of drug-likeness (QED) is 0.760. The summed E-state index contributed by atoms with van der Waals surface area (Å²) in [6.07, 6.45) is 5.34. The third-order valence-electron chi connectivity index (χ3n) is 2.92. The second-order valence-electron chi connectivity index (χ2n) is 4.11. The van der Waals surface area contributed by atoms with Crippen LogP contribution in [0, 0.1) is 0 Å². The number of pyridine rings is 1. The SMILES string of the molecule is O=c1c(CCl)cccn1CC1CCCCO1. The Labute approximate surface area is 100.0 Å². The van der Waals surface area contributed by atoms with Crippen LogP contribution in [0.15, 0.2) is 23.1 Å². The molecule has 1 atom stereocenters. The van der Waals surface area contributed by atoms with Gasteiger partial charge < -0.3 is 9.30 Å². The monoisotopic (exact) mass is 241 g/mol. The summed E-state index contributed by atoms with van der Waals surface area (Å²) in [5.41, 5.74) is 0.659. The Morgan fingerprint density at radius 2 is 2.38 bits per heavy atom. The number of ether oxygens (including phenoxy) is 1. The van der Waals surface area contributed by atoms with Crippen molar-refractivity contribution in [2.75, 3.05) is 6.61 Å². The van der Waals surface area contributed by atoms with Crippen molar-refractivity contribution in [3.8, 4) is 0 Å². The van der Waals surface area contributed by atoms with E-state index in [4.69, 9.17) is 16.3 Å². The van der Waals surface area contributed by atoms with Gasteiger partial charge in [0, 0.05) is 18.4 Å². The van der Waals surface area contributed by atoms with Crippen LogP contribution in [0.3, 0.4) is 0 Å². The predicted molar refractivity (Wildman–Crippen MR) is 63.9 cm³/mol. The van der Waals surface area contributed by atoms with E-state index in [-0.39, 0.29) is 17.5 Å². The maximum Gasteiger partial charge on any atom is 0.255 e. The molecule has 0 saturated carbocycles. The molecule has 0 amide bonds. The van der Waals surface area contributed by atoms with Gasteiger partial charge in [-0.05, 0) is 25.3 Å². The molecule has 1 fully saturated rings. The minimum Gasteiger partial charge on any atom is -0.376 e. The molecule has 0 N–H and O–H groups in total. The van der Waals surface area contributed by atoms with Gasteiger partial charge in [-0.3, -0.25) is 4.79 Å². The van der Waals surface area contributed by atoms with Crippen LogP contribution in [0.1, 0.15) is 24.8 Å². The Balaban J connectivity index is 2.11. The number of alkyl halides is 1. The summed E-state index contributed by atoms with van der Waals surface area (Å²) in [5, 5.41) is 0. The smallest absolute Gasteiger partial charge is 0.255 e. The molecule has 3 nitrogen and oxygen atoms in total. The highest BCUT2D eigenvalue weighted by Gasteiger charge is 2.15.